The lowest BCUT2D eigenvalue weighted by atomic mass is 9.76. The zero-order valence-corrected chi connectivity index (χ0v) is 12.0. The van der Waals surface area contributed by atoms with Crippen LogP contribution >= 0.6 is 0 Å². The van der Waals surface area contributed by atoms with Crippen LogP contribution in [0.2, 0.25) is 0 Å². The predicted octanol–water partition coefficient (Wildman–Crippen LogP) is 1.57. The number of nitrogens with zero attached hydrogens (tertiary/aromatic N) is 2. The zero-order chi connectivity index (χ0) is 14.7. The van der Waals surface area contributed by atoms with E-state index in [0.29, 0.717) is 12.0 Å². The Bertz CT molecular complexity index is 627. The third kappa shape index (κ3) is 1.80. The Morgan fingerprint density at radius 3 is 2.50 bits per heavy atom. The number of Topliss-reactive ketones (excluding diaryl/α,β-unsaturated/α-hetero) is 1. The van der Waals surface area contributed by atoms with Crippen LogP contribution < -0.4 is 0 Å². The number of amides is 2. The number of fused-ring (bicyclic) bond motifs is 1. The highest BCUT2D eigenvalue weighted by Crippen LogP contribution is 2.37. The van der Waals surface area contributed by atoms with Gasteiger partial charge in [-0.2, -0.15) is 0 Å². The normalized spacial score (nSPS) is 25.2. The van der Waals surface area contributed by atoms with Crippen molar-refractivity contribution in [3.63, 3.8) is 0 Å². The van der Waals surface area contributed by atoms with Gasteiger partial charge in [-0.1, -0.05) is 13.8 Å². The molecular weight excluding hydrogens is 256 g/mol. The Hall–Kier alpha value is -1.91. The van der Waals surface area contributed by atoms with E-state index < -0.39 is 6.04 Å². The standard InChI is InChI=1S/C15H18N2O3/c1-15(2)7-11-9(12(18)8-15)4-5-17(11)10-6-13(19)16(3)14(10)20/h4-5,10H,6-8H2,1-3H3. The summed E-state index contributed by atoms with van der Waals surface area (Å²) in [4.78, 5) is 37.2. The lowest BCUT2D eigenvalue weighted by molar-refractivity contribution is -0.137. The van der Waals surface area contributed by atoms with Crippen LogP contribution in [0.15, 0.2) is 12.3 Å². The summed E-state index contributed by atoms with van der Waals surface area (Å²) in [5, 5.41) is 0. The van der Waals surface area contributed by atoms with E-state index >= 15 is 0 Å². The van der Waals surface area contributed by atoms with Crippen molar-refractivity contribution < 1.29 is 14.4 Å². The molecule has 1 saturated heterocycles. The molecule has 0 bridgehead atoms. The zero-order valence-electron chi connectivity index (χ0n) is 12.0. The average molecular weight is 274 g/mol. The van der Waals surface area contributed by atoms with E-state index in [9.17, 15) is 14.4 Å². The predicted molar refractivity (Wildman–Crippen MR) is 72.3 cm³/mol. The van der Waals surface area contributed by atoms with Crippen molar-refractivity contribution in [2.75, 3.05) is 7.05 Å². The molecule has 5 heteroatoms. The Labute approximate surface area is 117 Å². The van der Waals surface area contributed by atoms with Gasteiger partial charge in [0.2, 0.25) is 5.91 Å². The highest BCUT2D eigenvalue weighted by atomic mass is 16.2. The van der Waals surface area contributed by atoms with Gasteiger partial charge in [0.15, 0.2) is 5.78 Å². The molecule has 1 aliphatic carbocycles. The van der Waals surface area contributed by atoms with Gasteiger partial charge in [-0.3, -0.25) is 19.3 Å². The summed E-state index contributed by atoms with van der Waals surface area (Å²) in [5.74, 6) is -0.229. The molecule has 1 aromatic rings. The Morgan fingerprint density at radius 2 is 1.90 bits per heavy atom. The maximum atomic E-state index is 12.2. The van der Waals surface area contributed by atoms with Crippen molar-refractivity contribution >= 4 is 17.6 Å². The topological polar surface area (TPSA) is 59.4 Å². The van der Waals surface area contributed by atoms with Crippen molar-refractivity contribution in [1.82, 2.24) is 9.47 Å². The minimum Gasteiger partial charge on any atom is -0.338 e. The van der Waals surface area contributed by atoms with Gasteiger partial charge in [0.25, 0.3) is 5.91 Å². The number of likely N-dealkylation sites (tertiary alicyclic amines) is 1. The molecule has 1 fully saturated rings. The van der Waals surface area contributed by atoms with E-state index in [1.54, 1.807) is 12.3 Å². The number of carbonyl (C=O) groups excluding carboxylic acids is 3. The molecule has 3 rings (SSSR count). The summed E-state index contributed by atoms with van der Waals surface area (Å²) in [6, 6.07) is 1.29. The largest absolute Gasteiger partial charge is 0.338 e. The van der Waals surface area contributed by atoms with Crippen LogP contribution in [0.3, 0.4) is 0 Å². The molecule has 5 nitrogen and oxygen atoms in total. The van der Waals surface area contributed by atoms with E-state index in [-0.39, 0.29) is 29.4 Å². The second-order valence-electron chi connectivity index (χ2n) is 6.54. The summed E-state index contributed by atoms with van der Waals surface area (Å²) in [6.07, 6.45) is 3.24. The minimum absolute atomic E-state index is 0.0995. The maximum Gasteiger partial charge on any atom is 0.252 e. The lowest BCUT2D eigenvalue weighted by Gasteiger charge is -2.30. The van der Waals surface area contributed by atoms with Crippen molar-refractivity contribution in [3.8, 4) is 0 Å². The molecule has 1 aliphatic heterocycles. The molecule has 2 heterocycles. The van der Waals surface area contributed by atoms with Crippen molar-refractivity contribution in [2.45, 2.75) is 39.2 Å². The van der Waals surface area contributed by atoms with Crippen LogP contribution in [0.25, 0.3) is 0 Å². The molecule has 0 aromatic carbocycles. The third-order valence-electron chi connectivity index (χ3n) is 4.30. The molecule has 20 heavy (non-hydrogen) atoms. The number of ketones is 1. The van der Waals surface area contributed by atoms with Gasteiger partial charge in [-0.15, -0.1) is 0 Å². The number of carbonyl (C=O) groups is 3. The van der Waals surface area contributed by atoms with E-state index in [0.717, 1.165) is 12.1 Å². The maximum absolute atomic E-state index is 12.2. The Morgan fingerprint density at radius 1 is 1.20 bits per heavy atom. The molecule has 0 N–H and O–H groups in total. The molecule has 1 atom stereocenters. The first-order valence-corrected chi connectivity index (χ1v) is 6.83. The van der Waals surface area contributed by atoms with Gasteiger partial charge in [0, 0.05) is 30.9 Å². The number of rotatable bonds is 1. The number of aromatic nitrogens is 1. The smallest absolute Gasteiger partial charge is 0.252 e. The fourth-order valence-corrected chi connectivity index (χ4v) is 3.21. The molecule has 2 amide bonds. The molecule has 0 radical (unpaired) electrons. The summed E-state index contributed by atoms with van der Waals surface area (Å²) < 4.78 is 1.83. The van der Waals surface area contributed by atoms with Crippen LogP contribution in [0.5, 0.6) is 0 Å². The summed E-state index contributed by atoms with van der Waals surface area (Å²) in [6.45, 7) is 4.11. The fourth-order valence-electron chi connectivity index (χ4n) is 3.21. The molecule has 106 valence electrons. The highest BCUT2D eigenvalue weighted by molar-refractivity contribution is 6.04. The van der Waals surface area contributed by atoms with Crippen LogP contribution in [0.1, 0.15) is 48.8 Å². The second-order valence-corrected chi connectivity index (χ2v) is 6.54. The average Bonchev–Trinajstić information content (AvgIpc) is 2.85. The fraction of sp³-hybridized carbons (Fsp3) is 0.533. The van der Waals surface area contributed by atoms with E-state index in [4.69, 9.17) is 0 Å². The van der Waals surface area contributed by atoms with Gasteiger partial charge in [0.1, 0.15) is 6.04 Å². The summed E-state index contributed by atoms with van der Waals surface area (Å²) in [7, 11) is 1.51. The molecule has 0 spiro atoms. The minimum atomic E-state index is -0.488. The van der Waals surface area contributed by atoms with Gasteiger partial charge in [-0.25, -0.2) is 0 Å². The van der Waals surface area contributed by atoms with E-state index in [1.165, 1.54) is 11.9 Å². The van der Waals surface area contributed by atoms with Crippen LogP contribution in [0, 0.1) is 5.41 Å². The molecule has 1 aromatic heterocycles. The van der Waals surface area contributed by atoms with Crippen LogP contribution in [0.4, 0.5) is 0 Å². The quantitative estimate of drug-likeness (QED) is 0.730. The molecule has 1 unspecified atom stereocenters. The monoisotopic (exact) mass is 274 g/mol. The Balaban J connectivity index is 2.04. The van der Waals surface area contributed by atoms with Crippen LogP contribution in [-0.4, -0.2) is 34.1 Å². The van der Waals surface area contributed by atoms with Gasteiger partial charge in [-0.05, 0) is 17.9 Å². The number of hydrogen-bond donors (Lipinski definition) is 0. The Kier molecular flexibility index (Phi) is 2.64. The van der Waals surface area contributed by atoms with Gasteiger partial charge in [0.05, 0.1) is 6.42 Å². The highest BCUT2D eigenvalue weighted by Gasteiger charge is 2.40. The first kappa shape index (κ1) is 13.1. The number of hydrogen-bond acceptors (Lipinski definition) is 3. The number of likely N-dealkylation sites (N-methyl/N-ethyl adjacent to an activating group) is 1. The molecule has 0 saturated carbocycles. The number of imide groups is 1. The summed E-state index contributed by atoms with van der Waals surface area (Å²) >= 11 is 0. The van der Waals surface area contributed by atoms with Crippen molar-refractivity contribution in [1.29, 1.82) is 0 Å². The van der Waals surface area contributed by atoms with Crippen molar-refractivity contribution in [3.05, 3.63) is 23.5 Å². The first-order chi connectivity index (χ1) is 9.30. The van der Waals surface area contributed by atoms with Crippen molar-refractivity contribution in [2.24, 2.45) is 5.41 Å². The SMILES string of the molecule is CN1C(=O)CC(n2ccc3c2CC(C)(C)CC3=O)C1=O. The third-order valence-corrected chi connectivity index (χ3v) is 4.30. The van der Waals surface area contributed by atoms with Gasteiger partial charge < -0.3 is 4.57 Å². The van der Waals surface area contributed by atoms with Crippen LogP contribution in [-0.2, 0) is 16.0 Å². The molecular formula is C15H18N2O3. The van der Waals surface area contributed by atoms with E-state index in [2.05, 4.69) is 13.8 Å². The lowest BCUT2D eigenvalue weighted by Crippen LogP contribution is -2.31. The van der Waals surface area contributed by atoms with E-state index in [1.807, 2.05) is 4.57 Å². The first-order valence-electron chi connectivity index (χ1n) is 6.83. The second kappa shape index (κ2) is 4.04. The summed E-state index contributed by atoms with van der Waals surface area (Å²) in [5.41, 5.74) is 1.50. The van der Waals surface area contributed by atoms with Gasteiger partial charge >= 0.3 is 0 Å². The molecule has 2 aliphatic rings.